The third-order valence-electron chi connectivity index (χ3n) is 3.21. The Bertz CT molecular complexity index is 586. The monoisotopic (exact) mass is 292 g/mol. The predicted octanol–water partition coefficient (Wildman–Crippen LogP) is 4.60. The number of pyridine rings is 1. The van der Waals surface area contributed by atoms with Gasteiger partial charge < -0.3 is 5.32 Å². The topological polar surface area (TPSA) is 24.9 Å². The zero-order valence-electron chi connectivity index (χ0n) is 11.7. The van der Waals surface area contributed by atoms with Crippen LogP contribution in [0.1, 0.15) is 31.9 Å². The lowest BCUT2D eigenvalue weighted by atomic mass is 10.0. The molecule has 0 aliphatic rings. The first-order chi connectivity index (χ1) is 9.61. The predicted molar refractivity (Wildman–Crippen MR) is 81.3 cm³/mol. The maximum absolute atomic E-state index is 13.2. The largest absolute Gasteiger partial charge is 0.310 e. The summed E-state index contributed by atoms with van der Waals surface area (Å²) in [5.74, 6) is -0.347. The van der Waals surface area contributed by atoms with Crippen LogP contribution in [-0.2, 0) is 0 Å². The van der Waals surface area contributed by atoms with Crippen molar-refractivity contribution in [2.45, 2.75) is 26.3 Å². The van der Waals surface area contributed by atoms with E-state index >= 15 is 0 Å². The molecule has 1 aromatic heterocycles. The second-order valence-electron chi connectivity index (χ2n) is 4.80. The van der Waals surface area contributed by atoms with Crippen molar-refractivity contribution in [2.24, 2.45) is 0 Å². The van der Waals surface area contributed by atoms with Gasteiger partial charge in [0, 0.05) is 22.8 Å². The van der Waals surface area contributed by atoms with Crippen molar-refractivity contribution < 1.29 is 4.39 Å². The summed E-state index contributed by atoms with van der Waals surface area (Å²) in [7, 11) is 0. The van der Waals surface area contributed by atoms with E-state index in [4.69, 9.17) is 11.6 Å². The highest BCUT2D eigenvalue weighted by Crippen LogP contribution is 2.29. The van der Waals surface area contributed by atoms with Gasteiger partial charge in [-0.05, 0) is 43.1 Å². The standard InChI is InChI=1S/C16H18ClFN2/c1-3-6-20-11(2)15-5-4-12(8-16(15)17)13-7-14(18)10-19-9-13/h4-5,7-11,20H,3,6H2,1-2H3. The molecule has 2 rings (SSSR count). The molecular formula is C16H18ClFN2. The first-order valence-electron chi connectivity index (χ1n) is 6.75. The Morgan fingerprint density at radius 3 is 2.70 bits per heavy atom. The summed E-state index contributed by atoms with van der Waals surface area (Å²) in [6.45, 7) is 5.16. The number of aromatic nitrogens is 1. The fourth-order valence-electron chi connectivity index (χ4n) is 2.10. The normalized spacial score (nSPS) is 12.4. The molecule has 106 valence electrons. The smallest absolute Gasteiger partial charge is 0.142 e. The molecule has 1 N–H and O–H groups in total. The summed E-state index contributed by atoms with van der Waals surface area (Å²) in [6.07, 6.45) is 3.90. The fourth-order valence-corrected chi connectivity index (χ4v) is 2.44. The Morgan fingerprint density at radius 1 is 1.25 bits per heavy atom. The number of rotatable bonds is 5. The van der Waals surface area contributed by atoms with E-state index in [0.29, 0.717) is 5.02 Å². The molecule has 0 aliphatic carbocycles. The van der Waals surface area contributed by atoms with Crippen LogP contribution in [0.5, 0.6) is 0 Å². The van der Waals surface area contributed by atoms with Gasteiger partial charge in [0.25, 0.3) is 0 Å². The third-order valence-corrected chi connectivity index (χ3v) is 3.53. The van der Waals surface area contributed by atoms with Gasteiger partial charge in [0.05, 0.1) is 6.20 Å². The van der Waals surface area contributed by atoms with Crippen LogP contribution in [0.2, 0.25) is 5.02 Å². The van der Waals surface area contributed by atoms with Gasteiger partial charge in [0.1, 0.15) is 5.82 Å². The van der Waals surface area contributed by atoms with Crippen LogP contribution in [0.15, 0.2) is 36.7 Å². The Morgan fingerprint density at radius 2 is 2.05 bits per heavy atom. The van der Waals surface area contributed by atoms with Crippen LogP contribution in [-0.4, -0.2) is 11.5 Å². The van der Waals surface area contributed by atoms with Crippen LogP contribution >= 0.6 is 11.6 Å². The van der Waals surface area contributed by atoms with Crippen LogP contribution in [0, 0.1) is 5.82 Å². The number of benzene rings is 1. The van der Waals surface area contributed by atoms with Gasteiger partial charge >= 0.3 is 0 Å². The van der Waals surface area contributed by atoms with Crippen LogP contribution in [0.4, 0.5) is 4.39 Å². The van der Waals surface area contributed by atoms with Crippen molar-refractivity contribution in [2.75, 3.05) is 6.54 Å². The lowest BCUT2D eigenvalue weighted by molar-refractivity contribution is 0.571. The number of nitrogens with zero attached hydrogens (tertiary/aromatic N) is 1. The molecule has 0 aliphatic heterocycles. The van der Waals surface area contributed by atoms with E-state index in [1.165, 1.54) is 12.3 Å². The maximum atomic E-state index is 13.2. The van der Waals surface area contributed by atoms with Gasteiger partial charge in [-0.25, -0.2) is 4.39 Å². The minimum atomic E-state index is -0.347. The number of halogens is 2. The second-order valence-corrected chi connectivity index (χ2v) is 5.21. The molecule has 1 unspecified atom stereocenters. The number of hydrogen-bond acceptors (Lipinski definition) is 2. The lowest BCUT2D eigenvalue weighted by Gasteiger charge is -2.16. The highest BCUT2D eigenvalue weighted by atomic mass is 35.5. The minimum absolute atomic E-state index is 0.196. The van der Waals surface area contributed by atoms with E-state index in [1.54, 1.807) is 6.20 Å². The van der Waals surface area contributed by atoms with E-state index < -0.39 is 0 Å². The summed E-state index contributed by atoms with van der Waals surface area (Å²) in [4.78, 5) is 3.86. The highest BCUT2D eigenvalue weighted by Gasteiger charge is 2.10. The molecule has 2 nitrogen and oxygen atoms in total. The lowest BCUT2D eigenvalue weighted by Crippen LogP contribution is -2.19. The zero-order chi connectivity index (χ0) is 14.5. The van der Waals surface area contributed by atoms with Crippen molar-refractivity contribution >= 4 is 11.6 Å². The number of nitrogens with one attached hydrogen (secondary N) is 1. The molecule has 4 heteroatoms. The molecule has 0 amide bonds. The first kappa shape index (κ1) is 14.9. The molecule has 0 saturated heterocycles. The van der Waals surface area contributed by atoms with E-state index in [0.717, 1.165) is 29.7 Å². The Labute approximate surface area is 124 Å². The number of hydrogen-bond donors (Lipinski definition) is 1. The first-order valence-corrected chi connectivity index (χ1v) is 7.13. The molecule has 1 atom stereocenters. The van der Waals surface area contributed by atoms with E-state index in [-0.39, 0.29) is 11.9 Å². The van der Waals surface area contributed by atoms with Crippen molar-refractivity contribution in [3.05, 3.63) is 53.1 Å². The van der Waals surface area contributed by atoms with Gasteiger partial charge in [-0.15, -0.1) is 0 Å². The average Bonchev–Trinajstić information content (AvgIpc) is 2.44. The van der Waals surface area contributed by atoms with Gasteiger partial charge in [0.15, 0.2) is 0 Å². The fraction of sp³-hybridized carbons (Fsp3) is 0.312. The van der Waals surface area contributed by atoms with Crippen molar-refractivity contribution in [1.29, 1.82) is 0 Å². The van der Waals surface area contributed by atoms with E-state index in [2.05, 4.69) is 24.1 Å². The molecule has 0 bridgehead atoms. The van der Waals surface area contributed by atoms with Crippen LogP contribution in [0.25, 0.3) is 11.1 Å². The molecule has 20 heavy (non-hydrogen) atoms. The molecule has 0 spiro atoms. The summed E-state index contributed by atoms with van der Waals surface area (Å²) >= 11 is 6.34. The minimum Gasteiger partial charge on any atom is -0.310 e. The van der Waals surface area contributed by atoms with Crippen molar-refractivity contribution in [1.82, 2.24) is 10.3 Å². The molecule has 0 fully saturated rings. The SMILES string of the molecule is CCCNC(C)c1ccc(-c2cncc(F)c2)cc1Cl. The van der Waals surface area contributed by atoms with Crippen LogP contribution < -0.4 is 5.32 Å². The second kappa shape index (κ2) is 6.82. The third kappa shape index (κ3) is 3.56. The summed E-state index contributed by atoms with van der Waals surface area (Å²) in [6, 6.07) is 7.44. The summed E-state index contributed by atoms with van der Waals surface area (Å²) < 4.78 is 13.2. The van der Waals surface area contributed by atoms with E-state index in [9.17, 15) is 4.39 Å². The Balaban J connectivity index is 2.25. The van der Waals surface area contributed by atoms with Gasteiger partial charge in [-0.3, -0.25) is 4.98 Å². The van der Waals surface area contributed by atoms with Gasteiger partial charge in [-0.2, -0.15) is 0 Å². The van der Waals surface area contributed by atoms with Crippen molar-refractivity contribution in [3.8, 4) is 11.1 Å². The Kier molecular flexibility index (Phi) is 5.10. The molecule has 2 aromatic rings. The zero-order valence-corrected chi connectivity index (χ0v) is 12.4. The summed E-state index contributed by atoms with van der Waals surface area (Å²) in [5.41, 5.74) is 2.65. The molecule has 1 aromatic carbocycles. The molecule has 0 saturated carbocycles. The molecule has 1 heterocycles. The van der Waals surface area contributed by atoms with Gasteiger partial charge in [0.2, 0.25) is 0 Å². The Hall–Kier alpha value is -1.45. The summed E-state index contributed by atoms with van der Waals surface area (Å²) in [5, 5.41) is 4.08. The van der Waals surface area contributed by atoms with Crippen LogP contribution in [0.3, 0.4) is 0 Å². The average molecular weight is 293 g/mol. The highest BCUT2D eigenvalue weighted by molar-refractivity contribution is 6.31. The quantitative estimate of drug-likeness (QED) is 0.871. The van der Waals surface area contributed by atoms with Crippen molar-refractivity contribution in [3.63, 3.8) is 0 Å². The maximum Gasteiger partial charge on any atom is 0.142 e. The molecule has 0 radical (unpaired) electrons. The van der Waals surface area contributed by atoms with E-state index in [1.807, 2.05) is 18.2 Å². The molecular weight excluding hydrogens is 275 g/mol. The van der Waals surface area contributed by atoms with Gasteiger partial charge in [-0.1, -0.05) is 30.7 Å².